The van der Waals surface area contributed by atoms with Crippen molar-refractivity contribution in [3.63, 3.8) is 0 Å². The highest BCUT2D eigenvalue weighted by Gasteiger charge is 2.43. The summed E-state index contributed by atoms with van der Waals surface area (Å²) in [7, 11) is 0. The van der Waals surface area contributed by atoms with E-state index in [2.05, 4.69) is 4.98 Å². The van der Waals surface area contributed by atoms with Crippen LogP contribution in [0.5, 0.6) is 0 Å². The molecule has 1 fully saturated rings. The van der Waals surface area contributed by atoms with Crippen LogP contribution in [0.15, 0.2) is 6.20 Å². The highest BCUT2D eigenvalue weighted by Crippen LogP contribution is 2.30. The second-order valence-corrected chi connectivity index (χ2v) is 4.79. The van der Waals surface area contributed by atoms with Gasteiger partial charge in [0.1, 0.15) is 24.1 Å². The van der Waals surface area contributed by atoms with Gasteiger partial charge in [-0.3, -0.25) is 4.57 Å². The second kappa shape index (κ2) is 5.51. The Morgan fingerprint density at radius 2 is 2.16 bits per heavy atom. The summed E-state index contributed by atoms with van der Waals surface area (Å²) in [4.78, 5) is 4.02. The Labute approximate surface area is 115 Å². The van der Waals surface area contributed by atoms with E-state index < -0.39 is 24.5 Å². The molecule has 1 aliphatic rings. The SMILES string of the molecule is CCc1cn([C@@H]2O[C@H](CO)[C@@H](O)[C@@H]2O)c(=S)nc1N. The zero-order chi connectivity index (χ0) is 14.2. The van der Waals surface area contributed by atoms with Crippen LogP contribution in [0.25, 0.3) is 0 Å². The topological polar surface area (TPSA) is 114 Å². The lowest BCUT2D eigenvalue weighted by Gasteiger charge is -2.19. The molecule has 1 saturated heterocycles. The average molecular weight is 287 g/mol. The van der Waals surface area contributed by atoms with Crippen LogP contribution in [0.2, 0.25) is 0 Å². The molecule has 4 atom stereocenters. The van der Waals surface area contributed by atoms with Gasteiger partial charge < -0.3 is 25.8 Å². The standard InChI is InChI=1S/C11H17N3O4S/c1-2-5-3-14(11(19)13-9(5)12)10-8(17)7(16)6(4-15)18-10/h3,6-8,10,15-17H,2,4H2,1H3,(H2,12,13,19)/t6-,7-,8+,10-/m1/s1. The number of aliphatic hydroxyl groups is 3. The van der Waals surface area contributed by atoms with Crippen LogP contribution in [0.3, 0.4) is 0 Å². The van der Waals surface area contributed by atoms with Gasteiger partial charge in [0.15, 0.2) is 6.23 Å². The molecule has 0 radical (unpaired) electrons. The summed E-state index contributed by atoms with van der Waals surface area (Å²) in [5.41, 5.74) is 6.50. The molecule has 19 heavy (non-hydrogen) atoms. The lowest BCUT2D eigenvalue weighted by molar-refractivity contribution is -0.0541. The van der Waals surface area contributed by atoms with Gasteiger partial charge in [0.25, 0.3) is 0 Å². The molecule has 7 nitrogen and oxygen atoms in total. The third kappa shape index (κ3) is 2.49. The first kappa shape index (κ1) is 14.4. The first-order valence-electron chi connectivity index (χ1n) is 5.99. The van der Waals surface area contributed by atoms with Gasteiger partial charge in [-0.15, -0.1) is 0 Å². The van der Waals surface area contributed by atoms with Gasteiger partial charge in [-0.25, -0.2) is 4.98 Å². The number of ether oxygens (including phenoxy) is 1. The highest BCUT2D eigenvalue weighted by molar-refractivity contribution is 7.71. The summed E-state index contributed by atoms with van der Waals surface area (Å²) >= 11 is 5.09. The van der Waals surface area contributed by atoms with Crippen molar-refractivity contribution in [3.8, 4) is 0 Å². The molecule has 0 bridgehead atoms. The highest BCUT2D eigenvalue weighted by atomic mass is 32.1. The maximum atomic E-state index is 9.96. The predicted molar refractivity (Wildman–Crippen MR) is 69.9 cm³/mol. The van der Waals surface area contributed by atoms with Gasteiger partial charge in [0.05, 0.1) is 6.61 Å². The molecular weight excluding hydrogens is 270 g/mol. The van der Waals surface area contributed by atoms with Crippen molar-refractivity contribution in [1.29, 1.82) is 0 Å². The minimum Gasteiger partial charge on any atom is -0.394 e. The fraction of sp³-hybridized carbons (Fsp3) is 0.636. The third-order valence-corrected chi connectivity index (χ3v) is 3.54. The summed E-state index contributed by atoms with van der Waals surface area (Å²) in [6.07, 6.45) is -1.75. The average Bonchev–Trinajstić information content (AvgIpc) is 2.67. The first-order chi connectivity index (χ1) is 8.99. The number of nitrogen functional groups attached to an aromatic ring is 1. The van der Waals surface area contributed by atoms with Crippen molar-refractivity contribution in [1.82, 2.24) is 9.55 Å². The fourth-order valence-corrected chi connectivity index (χ4v) is 2.34. The zero-order valence-corrected chi connectivity index (χ0v) is 11.2. The van der Waals surface area contributed by atoms with Crippen molar-refractivity contribution in [2.75, 3.05) is 12.3 Å². The third-order valence-electron chi connectivity index (χ3n) is 3.23. The summed E-state index contributed by atoms with van der Waals surface area (Å²) < 4.78 is 7.02. The van der Waals surface area contributed by atoms with Crippen LogP contribution in [-0.2, 0) is 11.2 Å². The molecule has 0 saturated carbocycles. The van der Waals surface area contributed by atoms with E-state index in [0.29, 0.717) is 12.2 Å². The van der Waals surface area contributed by atoms with Crippen molar-refractivity contribution in [3.05, 3.63) is 16.5 Å². The smallest absolute Gasteiger partial charge is 0.203 e. The van der Waals surface area contributed by atoms with Crippen LogP contribution >= 0.6 is 12.2 Å². The Balaban J connectivity index is 2.40. The molecule has 5 N–H and O–H groups in total. The first-order valence-corrected chi connectivity index (χ1v) is 6.40. The van der Waals surface area contributed by atoms with Gasteiger partial charge in [-0.2, -0.15) is 0 Å². The molecule has 0 aromatic carbocycles. The van der Waals surface area contributed by atoms with Crippen molar-refractivity contribution < 1.29 is 20.1 Å². The maximum absolute atomic E-state index is 9.96. The molecule has 1 aromatic heterocycles. The molecule has 1 aromatic rings. The minimum absolute atomic E-state index is 0.157. The quantitative estimate of drug-likeness (QED) is 0.547. The summed E-state index contributed by atoms with van der Waals surface area (Å²) in [6, 6.07) is 0. The lowest BCUT2D eigenvalue weighted by atomic mass is 10.1. The zero-order valence-electron chi connectivity index (χ0n) is 10.4. The van der Waals surface area contributed by atoms with Crippen LogP contribution in [0.4, 0.5) is 5.82 Å². The van der Waals surface area contributed by atoms with E-state index in [9.17, 15) is 10.2 Å². The number of nitrogens with two attached hydrogens (primary N) is 1. The van der Waals surface area contributed by atoms with Crippen LogP contribution in [-0.4, -0.2) is 49.8 Å². The Hall–Kier alpha value is -1.06. The van der Waals surface area contributed by atoms with Crippen molar-refractivity contribution >= 4 is 18.0 Å². The van der Waals surface area contributed by atoms with Gasteiger partial charge in [0.2, 0.25) is 4.77 Å². The number of aryl methyl sites for hydroxylation is 1. The van der Waals surface area contributed by atoms with Crippen LogP contribution in [0.1, 0.15) is 18.7 Å². The Kier molecular flexibility index (Phi) is 4.16. The summed E-state index contributed by atoms with van der Waals surface area (Å²) in [6.45, 7) is 1.53. The number of nitrogens with zero attached hydrogens (tertiary/aromatic N) is 2. The van der Waals surface area contributed by atoms with E-state index in [0.717, 1.165) is 5.56 Å². The van der Waals surface area contributed by atoms with Gasteiger partial charge in [0, 0.05) is 11.8 Å². The molecule has 2 rings (SSSR count). The maximum Gasteiger partial charge on any atom is 0.203 e. The lowest BCUT2D eigenvalue weighted by Crippen LogP contribution is -2.33. The normalized spacial score (nSPS) is 30.7. The Bertz CT molecular complexity index is 521. The molecule has 0 spiro atoms. The number of anilines is 1. The minimum atomic E-state index is -1.18. The van der Waals surface area contributed by atoms with E-state index in [1.54, 1.807) is 6.20 Å². The molecule has 2 heterocycles. The predicted octanol–water partition coefficient (Wildman–Crippen LogP) is -0.631. The summed E-state index contributed by atoms with van der Waals surface area (Å²) in [5, 5.41) is 28.8. The van der Waals surface area contributed by atoms with Crippen molar-refractivity contribution in [2.24, 2.45) is 0 Å². The largest absolute Gasteiger partial charge is 0.394 e. The van der Waals surface area contributed by atoms with Gasteiger partial charge >= 0.3 is 0 Å². The number of hydrogen-bond acceptors (Lipinski definition) is 7. The molecule has 0 aliphatic carbocycles. The van der Waals surface area contributed by atoms with Crippen LogP contribution in [0, 0.1) is 4.77 Å². The van der Waals surface area contributed by atoms with Gasteiger partial charge in [-0.1, -0.05) is 6.92 Å². The molecule has 1 aliphatic heterocycles. The fourth-order valence-electron chi connectivity index (χ4n) is 2.09. The molecular formula is C11H17N3O4S. The number of aromatic nitrogens is 2. The molecule has 0 amide bonds. The summed E-state index contributed by atoms with van der Waals surface area (Å²) in [5.74, 6) is 0.343. The monoisotopic (exact) mass is 287 g/mol. The Morgan fingerprint density at radius 1 is 1.47 bits per heavy atom. The number of aliphatic hydroxyl groups excluding tert-OH is 3. The van der Waals surface area contributed by atoms with E-state index in [4.69, 9.17) is 27.8 Å². The molecule has 0 unspecified atom stereocenters. The number of hydrogen-bond donors (Lipinski definition) is 4. The van der Waals surface area contributed by atoms with E-state index in [1.807, 2.05) is 6.92 Å². The molecule has 106 valence electrons. The van der Waals surface area contributed by atoms with Gasteiger partial charge in [-0.05, 0) is 18.6 Å². The molecule has 8 heteroatoms. The van der Waals surface area contributed by atoms with Crippen LogP contribution < -0.4 is 5.73 Å². The van der Waals surface area contributed by atoms with E-state index >= 15 is 0 Å². The second-order valence-electron chi connectivity index (χ2n) is 4.42. The van der Waals surface area contributed by atoms with E-state index in [1.165, 1.54) is 4.57 Å². The van der Waals surface area contributed by atoms with Crippen molar-refractivity contribution in [2.45, 2.75) is 37.9 Å². The van der Waals surface area contributed by atoms with E-state index in [-0.39, 0.29) is 11.4 Å². The number of rotatable bonds is 3. The Morgan fingerprint density at radius 3 is 2.68 bits per heavy atom.